The van der Waals surface area contributed by atoms with Gasteiger partial charge in [-0.05, 0) is 6.42 Å². The van der Waals surface area contributed by atoms with Crippen molar-refractivity contribution in [3.05, 3.63) is 0 Å². The van der Waals surface area contributed by atoms with E-state index >= 15 is 0 Å². The SMILES string of the molecule is CCCCCCCC(=O)O.OC1CCC(O)O1. The van der Waals surface area contributed by atoms with Crippen molar-refractivity contribution in [1.82, 2.24) is 0 Å². The third kappa shape index (κ3) is 11.6. The smallest absolute Gasteiger partial charge is 0.303 e. The van der Waals surface area contributed by atoms with Gasteiger partial charge in [0.25, 0.3) is 0 Å². The third-order valence-corrected chi connectivity index (χ3v) is 2.47. The molecule has 0 saturated carbocycles. The molecule has 0 aromatic rings. The number of carboxylic acids is 1. The van der Waals surface area contributed by atoms with Gasteiger partial charge >= 0.3 is 5.97 Å². The largest absolute Gasteiger partial charge is 0.481 e. The minimum Gasteiger partial charge on any atom is -0.481 e. The summed E-state index contributed by atoms with van der Waals surface area (Å²) in [4.78, 5) is 10.0. The molecule has 0 bridgehead atoms. The van der Waals surface area contributed by atoms with Crippen LogP contribution >= 0.6 is 0 Å². The van der Waals surface area contributed by atoms with Crippen LogP contribution in [0.15, 0.2) is 0 Å². The first-order valence-corrected chi connectivity index (χ1v) is 6.29. The summed E-state index contributed by atoms with van der Waals surface area (Å²) in [5.74, 6) is -0.670. The third-order valence-electron chi connectivity index (χ3n) is 2.47. The lowest BCUT2D eigenvalue weighted by Crippen LogP contribution is -2.07. The second kappa shape index (κ2) is 10.5. The molecule has 2 atom stereocenters. The van der Waals surface area contributed by atoms with Gasteiger partial charge in [0.05, 0.1) is 0 Å². The summed E-state index contributed by atoms with van der Waals surface area (Å²) in [6.07, 6.45) is 5.54. The summed E-state index contributed by atoms with van der Waals surface area (Å²) < 4.78 is 4.47. The molecule has 1 heterocycles. The predicted molar refractivity (Wildman–Crippen MR) is 63.3 cm³/mol. The highest BCUT2D eigenvalue weighted by Gasteiger charge is 2.19. The highest BCUT2D eigenvalue weighted by molar-refractivity contribution is 5.66. The van der Waals surface area contributed by atoms with Crippen molar-refractivity contribution in [2.75, 3.05) is 0 Å². The Morgan fingerprint density at radius 1 is 1.12 bits per heavy atom. The first kappa shape index (κ1) is 16.4. The quantitative estimate of drug-likeness (QED) is 0.625. The Bertz CT molecular complexity index is 187. The van der Waals surface area contributed by atoms with Gasteiger partial charge in [-0.15, -0.1) is 0 Å². The summed E-state index contributed by atoms with van der Waals surface area (Å²) in [5, 5.41) is 25.3. The first-order valence-electron chi connectivity index (χ1n) is 6.29. The van der Waals surface area contributed by atoms with Crippen molar-refractivity contribution in [2.45, 2.75) is 70.9 Å². The molecule has 1 saturated heterocycles. The molecule has 5 heteroatoms. The van der Waals surface area contributed by atoms with Gasteiger partial charge in [-0.1, -0.05) is 32.6 Å². The van der Waals surface area contributed by atoms with Crippen LogP contribution in [-0.2, 0) is 9.53 Å². The van der Waals surface area contributed by atoms with E-state index in [1.165, 1.54) is 19.3 Å². The Kier molecular flexibility index (Phi) is 10.1. The van der Waals surface area contributed by atoms with E-state index in [-0.39, 0.29) is 0 Å². The summed E-state index contributed by atoms with van der Waals surface area (Å²) in [6.45, 7) is 2.15. The number of ether oxygens (including phenoxy) is 1. The number of aliphatic hydroxyl groups is 2. The van der Waals surface area contributed by atoms with Crippen LogP contribution in [0, 0.1) is 0 Å². The maximum absolute atomic E-state index is 10.0. The van der Waals surface area contributed by atoms with Gasteiger partial charge in [0.2, 0.25) is 0 Å². The number of aliphatic hydroxyl groups excluding tert-OH is 2. The fourth-order valence-corrected chi connectivity index (χ4v) is 1.48. The van der Waals surface area contributed by atoms with Gasteiger partial charge < -0.3 is 20.1 Å². The van der Waals surface area contributed by atoms with E-state index in [0.717, 1.165) is 12.8 Å². The normalized spacial score (nSPS) is 23.0. The van der Waals surface area contributed by atoms with Crippen LogP contribution < -0.4 is 0 Å². The highest BCUT2D eigenvalue weighted by Crippen LogP contribution is 2.13. The Balaban J connectivity index is 0.000000318. The molecule has 0 aromatic heterocycles. The van der Waals surface area contributed by atoms with Crippen LogP contribution in [0.25, 0.3) is 0 Å². The molecule has 1 fully saturated rings. The van der Waals surface area contributed by atoms with Gasteiger partial charge in [0.1, 0.15) is 0 Å². The van der Waals surface area contributed by atoms with Crippen LogP contribution in [0.4, 0.5) is 0 Å². The number of carbonyl (C=O) groups is 1. The molecule has 2 unspecified atom stereocenters. The number of aliphatic carboxylic acids is 1. The van der Waals surface area contributed by atoms with Crippen molar-refractivity contribution < 1.29 is 24.9 Å². The van der Waals surface area contributed by atoms with E-state index in [1.54, 1.807) is 0 Å². The highest BCUT2D eigenvalue weighted by atomic mass is 16.7. The van der Waals surface area contributed by atoms with Gasteiger partial charge in [0.15, 0.2) is 12.6 Å². The van der Waals surface area contributed by atoms with Crippen molar-refractivity contribution in [1.29, 1.82) is 0 Å². The van der Waals surface area contributed by atoms with Gasteiger partial charge in [-0.3, -0.25) is 4.79 Å². The Labute approximate surface area is 102 Å². The Morgan fingerprint density at radius 3 is 2.00 bits per heavy atom. The fraction of sp³-hybridized carbons (Fsp3) is 0.917. The first-order chi connectivity index (χ1) is 8.06. The van der Waals surface area contributed by atoms with Crippen LogP contribution in [-0.4, -0.2) is 33.9 Å². The lowest BCUT2D eigenvalue weighted by atomic mass is 10.1. The van der Waals surface area contributed by atoms with Crippen molar-refractivity contribution >= 4 is 5.97 Å². The summed E-state index contributed by atoms with van der Waals surface area (Å²) in [7, 11) is 0. The van der Waals surface area contributed by atoms with E-state index < -0.39 is 18.5 Å². The van der Waals surface area contributed by atoms with E-state index in [0.29, 0.717) is 19.3 Å². The second-order valence-corrected chi connectivity index (χ2v) is 4.18. The summed E-state index contributed by atoms with van der Waals surface area (Å²) >= 11 is 0. The zero-order valence-electron chi connectivity index (χ0n) is 10.5. The van der Waals surface area contributed by atoms with E-state index in [2.05, 4.69) is 11.7 Å². The number of carboxylic acid groups (broad SMARTS) is 1. The van der Waals surface area contributed by atoms with Crippen LogP contribution in [0.1, 0.15) is 58.3 Å². The standard InChI is InChI=1S/C8H16O2.C4H8O3/c1-2-3-4-5-6-7-8(9)10;5-3-1-2-4(6)7-3/h2-7H2,1H3,(H,9,10);3-6H,1-2H2. The summed E-state index contributed by atoms with van der Waals surface area (Å²) in [6, 6.07) is 0. The van der Waals surface area contributed by atoms with Crippen LogP contribution in [0.5, 0.6) is 0 Å². The summed E-state index contributed by atoms with van der Waals surface area (Å²) in [5.41, 5.74) is 0. The van der Waals surface area contributed by atoms with Crippen LogP contribution in [0.2, 0.25) is 0 Å². The maximum atomic E-state index is 10.0. The number of hydrogen-bond donors (Lipinski definition) is 3. The number of hydrogen-bond acceptors (Lipinski definition) is 4. The molecular formula is C12H24O5. The topological polar surface area (TPSA) is 87.0 Å². The molecule has 0 radical (unpaired) electrons. The number of rotatable bonds is 6. The van der Waals surface area contributed by atoms with E-state index in [9.17, 15) is 4.79 Å². The van der Waals surface area contributed by atoms with Crippen molar-refractivity contribution in [2.24, 2.45) is 0 Å². The molecule has 0 aromatic carbocycles. The molecule has 0 aliphatic carbocycles. The second-order valence-electron chi connectivity index (χ2n) is 4.18. The molecular weight excluding hydrogens is 224 g/mol. The average molecular weight is 248 g/mol. The average Bonchev–Trinajstić information content (AvgIpc) is 2.63. The maximum Gasteiger partial charge on any atom is 0.303 e. The molecule has 17 heavy (non-hydrogen) atoms. The lowest BCUT2D eigenvalue weighted by molar-refractivity contribution is -0.160. The Morgan fingerprint density at radius 2 is 1.65 bits per heavy atom. The fourth-order valence-electron chi connectivity index (χ4n) is 1.48. The molecule has 0 spiro atoms. The Hall–Kier alpha value is -0.650. The molecule has 1 aliphatic heterocycles. The van der Waals surface area contributed by atoms with Gasteiger partial charge in [-0.2, -0.15) is 0 Å². The molecule has 102 valence electrons. The predicted octanol–water partition coefficient (Wildman–Crippen LogP) is 1.87. The lowest BCUT2D eigenvalue weighted by Gasteiger charge is -1.99. The van der Waals surface area contributed by atoms with Crippen LogP contribution in [0.3, 0.4) is 0 Å². The molecule has 3 N–H and O–H groups in total. The minimum atomic E-state index is -0.727. The zero-order chi connectivity index (χ0) is 13.1. The van der Waals surface area contributed by atoms with Gasteiger partial charge in [-0.25, -0.2) is 0 Å². The minimum absolute atomic E-state index is 0.337. The van der Waals surface area contributed by atoms with Crippen molar-refractivity contribution in [3.63, 3.8) is 0 Å². The zero-order valence-corrected chi connectivity index (χ0v) is 10.5. The monoisotopic (exact) mass is 248 g/mol. The number of unbranched alkanes of at least 4 members (excludes halogenated alkanes) is 4. The van der Waals surface area contributed by atoms with Crippen molar-refractivity contribution in [3.8, 4) is 0 Å². The molecule has 0 amide bonds. The molecule has 1 rings (SSSR count). The molecule has 1 aliphatic rings. The van der Waals surface area contributed by atoms with E-state index in [1.807, 2.05) is 0 Å². The molecule has 5 nitrogen and oxygen atoms in total. The van der Waals surface area contributed by atoms with Gasteiger partial charge in [0, 0.05) is 19.3 Å². The van der Waals surface area contributed by atoms with E-state index in [4.69, 9.17) is 15.3 Å².